The first-order valence-corrected chi connectivity index (χ1v) is 7.00. The Morgan fingerprint density at radius 2 is 2.16 bits per heavy atom. The quantitative estimate of drug-likeness (QED) is 0.687. The minimum absolute atomic E-state index is 0.471. The molecule has 0 aliphatic heterocycles. The molecule has 0 aliphatic carbocycles. The lowest BCUT2D eigenvalue weighted by molar-refractivity contribution is 1.14. The third kappa shape index (κ3) is 2.74. The van der Waals surface area contributed by atoms with Gasteiger partial charge in [0.05, 0.1) is 16.4 Å². The Balaban J connectivity index is 1.75. The van der Waals surface area contributed by atoms with Gasteiger partial charge in [-0.25, -0.2) is 4.98 Å². The molecule has 0 radical (unpaired) electrons. The number of hydrogen-bond acceptors (Lipinski definition) is 2. The van der Waals surface area contributed by atoms with Crippen LogP contribution < -0.4 is 5.32 Å². The molecule has 0 fully saturated rings. The van der Waals surface area contributed by atoms with Gasteiger partial charge in [0, 0.05) is 18.3 Å². The molecule has 3 rings (SSSR count). The second-order valence-electron chi connectivity index (χ2n) is 4.25. The lowest BCUT2D eigenvalue weighted by Gasteiger charge is -2.07. The van der Waals surface area contributed by atoms with Crippen molar-refractivity contribution < 1.29 is 0 Å². The fraction of sp³-hybridized carbons (Fsp3) is 0.0714. The van der Waals surface area contributed by atoms with Crippen LogP contribution in [0.5, 0.6) is 0 Å². The third-order valence-corrected chi connectivity index (χ3v) is 4.05. The van der Waals surface area contributed by atoms with Gasteiger partial charge in [-0.15, -0.1) is 0 Å². The second-order valence-corrected chi connectivity index (χ2v) is 5.46. The zero-order valence-electron chi connectivity index (χ0n) is 9.95. The van der Waals surface area contributed by atoms with Gasteiger partial charge in [-0.05, 0) is 45.1 Å². The molecule has 2 N–H and O–H groups in total. The molecule has 19 heavy (non-hydrogen) atoms. The summed E-state index contributed by atoms with van der Waals surface area (Å²) in [5, 5.41) is 5.01. The minimum atomic E-state index is 0.471. The number of nitrogens with one attached hydrogen (secondary N) is 2. The summed E-state index contributed by atoms with van der Waals surface area (Å²) >= 11 is 9.22. The predicted octanol–water partition coefficient (Wildman–Crippen LogP) is 4.59. The Morgan fingerprint density at radius 1 is 1.26 bits per heavy atom. The smallest absolute Gasteiger partial charge is 0.143 e. The van der Waals surface area contributed by atoms with Crippen LogP contribution >= 0.6 is 27.5 Å². The Kier molecular flexibility index (Phi) is 3.44. The number of fused-ring (bicyclic) bond motifs is 1. The van der Waals surface area contributed by atoms with Crippen molar-refractivity contribution in [2.45, 2.75) is 6.54 Å². The highest BCUT2D eigenvalue weighted by Gasteiger charge is 2.01. The van der Waals surface area contributed by atoms with Crippen LogP contribution in [0.1, 0.15) is 5.56 Å². The average Bonchev–Trinajstić information content (AvgIpc) is 2.87. The standard InChI is InChI=1S/C14H11BrClN3/c15-12-6-11(8-19-14(12)16)18-7-9-1-2-10-3-4-17-13(10)5-9/h1-6,8,17-18H,7H2. The Morgan fingerprint density at radius 3 is 3.00 bits per heavy atom. The fourth-order valence-corrected chi connectivity index (χ4v) is 2.38. The monoisotopic (exact) mass is 335 g/mol. The first-order valence-electron chi connectivity index (χ1n) is 5.83. The van der Waals surface area contributed by atoms with Crippen LogP contribution in [-0.2, 0) is 6.54 Å². The molecule has 3 aromatic rings. The van der Waals surface area contributed by atoms with E-state index in [1.165, 1.54) is 10.9 Å². The molecular formula is C14H11BrClN3. The number of H-pyrrole nitrogens is 1. The van der Waals surface area contributed by atoms with Gasteiger partial charge in [0.25, 0.3) is 0 Å². The van der Waals surface area contributed by atoms with E-state index in [4.69, 9.17) is 11.6 Å². The number of benzene rings is 1. The zero-order chi connectivity index (χ0) is 13.2. The summed E-state index contributed by atoms with van der Waals surface area (Å²) in [5.41, 5.74) is 3.29. The lowest BCUT2D eigenvalue weighted by atomic mass is 10.1. The van der Waals surface area contributed by atoms with Gasteiger partial charge >= 0.3 is 0 Å². The highest BCUT2D eigenvalue weighted by Crippen LogP contribution is 2.23. The molecule has 2 aromatic heterocycles. The minimum Gasteiger partial charge on any atom is -0.380 e. The van der Waals surface area contributed by atoms with Crippen LogP contribution in [0, 0.1) is 0 Å². The van der Waals surface area contributed by atoms with Crippen LogP contribution in [0.3, 0.4) is 0 Å². The van der Waals surface area contributed by atoms with E-state index in [2.05, 4.69) is 55.5 Å². The van der Waals surface area contributed by atoms with Crippen LogP contribution in [-0.4, -0.2) is 9.97 Å². The number of rotatable bonds is 3. The molecule has 3 nitrogen and oxygen atoms in total. The van der Waals surface area contributed by atoms with E-state index in [9.17, 15) is 0 Å². The van der Waals surface area contributed by atoms with Crippen molar-refractivity contribution in [1.82, 2.24) is 9.97 Å². The maximum atomic E-state index is 5.86. The van der Waals surface area contributed by atoms with Crippen LogP contribution in [0.4, 0.5) is 5.69 Å². The van der Waals surface area contributed by atoms with E-state index < -0.39 is 0 Å². The van der Waals surface area contributed by atoms with Gasteiger partial charge in [-0.3, -0.25) is 0 Å². The van der Waals surface area contributed by atoms with Gasteiger partial charge in [0.1, 0.15) is 5.15 Å². The second kappa shape index (κ2) is 5.23. The zero-order valence-corrected chi connectivity index (χ0v) is 12.3. The van der Waals surface area contributed by atoms with Gasteiger partial charge in [0.15, 0.2) is 0 Å². The van der Waals surface area contributed by atoms with Crippen molar-refractivity contribution in [3.63, 3.8) is 0 Å². The highest BCUT2D eigenvalue weighted by molar-refractivity contribution is 9.10. The normalized spacial score (nSPS) is 10.8. The van der Waals surface area contributed by atoms with E-state index in [-0.39, 0.29) is 0 Å². The van der Waals surface area contributed by atoms with Crippen LogP contribution in [0.25, 0.3) is 10.9 Å². The molecule has 5 heteroatoms. The van der Waals surface area contributed by atoms with Crippen molar-refractivity contribution in [3.05, 3.63) is 57.9 Å². The molecule has 0 atom stereocenters. The van der Waals surface area contributed by atoms with Crippen molar-refractivity contribution in [2.24, 2.45) is 0 Å². The number of aromatic amines is 1. The average molecular weight is 337 g/mol. The molecule has 0 spiro atoms. The Hall–Kier alpha value is -1.52. The fourth-order valence-electron chi connectivity index (χ4n) is 1.93. The highest BCUT2D eigenvalue weighted by atomic mass is 79.9. The summed E-state index contributed by atoms with van der Waals surface area (Å²) < 4.78 is 0.791. The summed E-state index contributed by atoms with van der Waals surface area (Å²) in [4.78, 5) is 7.29. The van der Waals surface area contributed by atoms with Gasteiger partial charge in [0.2, 0.25) is 0 Å². The van der Waals surface area contributed by atoms with E-state index >= 15 is 0 Å². The molecule has 0 unspecified atom stereocenters. The first-order chi connectivity index (χ1) is 9.22. The number of pyridine rings is 1. The molecule has 0 aliphatic rings. The van der Waals surface area contributed by atoms with E-state index in [1.807, 2.05) is 12.3 Å². The third-order valence-electron chi connectivity index (χ3n) is 2.91. The number of aromatic nitrogens is 2. The molecule has 0 bridgehead atoms. The number of hydrogen-bond donors (Lipinski definition) is 2. The van der Waals surface area contributed by atoms with Gasteiger partial charge in [-0.1, -0.05) is 23.7 Å². The molecule has 0 saturated carbocycles. The summed E-state index contributed by atoms with van der Waals surface area (Å²) in [6.07, 6.45) is 3.67. The SMILES string of the molecule is Clc1ncc(NCc2ccc3cc[nH]c3c2)cc1Br. The van der Waals surface area contributed by atoms with Gasteiger partial charge < -0.3 is 10.3 Å². The first kappa shape index (κ1) is 12.5. The topological polar surface area (TPSA) is 40.7 Å². The molecule has 96 valence electrons. The number of halogens is 2. The van der Waals surface area contributed by atoms with E-state index in [0.29, 0.717) is 5.15 Å². The van der Waals surface area contributed by atoms with E-state index in [0.717, 1.165) is 22.2 Å². The Bertz CT molecular complexity index is 724. The summed E-state index contributed by atoms with van der Waals surface area (Å²) in [7, 11) is 0. The summed E-state index contributed by atoms with van der Waals surface area (Å²) in [6.45, 7) is 0.741. The van der Waals surface area contributed by atoms with Crippen molar-refractivity contribution in [1.29, 1.82) is 0 Å². The lowest BCUT2D eigenvalue weighted by Crippen LogP contribution is -1.99. The summed E-state index contributed by atoms with van der Waals surface area (Å²) in [5.74, 6) is 0. The van der Waals surface area contributed by atoms with Crippen molar-refractivity contribution >= 4 is 44.1 Å². The Labute approximate surface area is 124 Å². The van der Waals surface area contributed by atoms with Gasteiger partial charge in [-0.2, -0.15) is 0 Å². The molecule has 0 amide bonds. The maximum Gasteiger partial charge on any atom is 0.143 e. The largest absolute Gasteiger partial charge is 0.380 e. The maximum absolute atomic E-state index is 5.86. The molecule has 2 heterocycles. The van der Waals surface area contributed by atoms with Crippen molar-refractivity contribution in [2.75, 3.05) is 5.32 Å². The number of nitrogens with zero attached hydrogens (tertiary/aromatic N) is 1. The molecule has 0 saturated heterocycles. The predicted molar refractivity (Wildman–Crippen MR) is 82.6 cm³/mol. The van der Waals surface area contributed by atoms with Crippen LogP contribution in [0.2, 0.25) is 5.15 Å². The van der Waals surface area contributed by atoms with Crippen molar-refractivity contribution in [3.8, 4) is 0 Å². The van der Waals surface area contributed by atoms with Crippen LogP contribution in [0.15, 0.2) is 47.2 Å². The molecule has 1 aromatic carbocycles. The summed E-state index contributed by atoms with van der Waals surface area (Å²) in [6, 6.07) is 10.3. The van der Waals surface area contributed by atoms with E-state index in [1.54, 1.807) is 6.20 Å². The number of anilines is 1. The molecular weight excluding hydrogens is 326 g/mol.